The molecule has 0 atom stereocenters. The van der Waals surface area contributed by atoms with Gasteiger partial charge in [-0.1, -0.05) is 30.3 Å². The van der Waals surface area contributed by atoms with Crippen LogP contribution in [0.15, 0.2) is 30.3 Å². The van der Waals surface area contributed by atoms with Gasteiger partial charge in [-0.25, -0.2) is 0 Å². The van der Waals surface area contributed by atoms with Crippen LogP contribution in [-0.4, -0.2) is 13.3 Å². The molecule has 1 aromatic carbocycles. The van der Waals surface area contributed by atoms with Gasteiger partial charge in [-0.05, 0) is 5.56 Å². The van der Waals surface area contributed by atoms with E-state index in [1.54, 1.807) is 0 Å². The van der Waals surface area contributed by atoms with Crippen molar-refractivity contribution in [1.82, 2.24) is 16.0 Å². The van der Waals surface area contributed by atoms with Gasteiger partial charge in [0.1, 0.15) is 0 Å². The number of benzene rings is 1. The Bertz CT molecular complexity index is 229. The van der Waals surface area contributed by atoms with Crippen LogP contribution >= 0.6 is 0 Å². The van der Waals surface area contributed by atoms with Crippen LogP contribution in [0.3, 0.4) is 0 Å². The molecule has 0 saturated carbocycles. The van der Waals surface area contributed by atoms with Gasteiger partial charge in [-0.3, -0.25) is 16.0 Å². The molecule has 1 fully saturated rings. The molecule has 0 aromatic heterocycles. The lowest BCUT2D eigenvalue weighted by Crippen LogP contribution is -2.50. The molecule has 1 aromatic rings. The van der Waals surface area contributed by atoms with Crippen LogP contribution in [0, 0.1) is 0 Å². The molecular formula is C9H13N3. The standard InChI is InChI=1S/C9H13N3/c1-2-4-8(5-3-1)9-11-6-10-7-12-9/h1-5,9-12H,6-7H2. The first kappa shape index (κ1) is 7.73. The van der Waals surface area contributed by atoms with Crippen LogP contribution in [-0.2, 0) is 0 Å². The first-order valence-electron chi connectivity index (χ1n) is 4.19. The first-order chi connectivity index (χ1) is 5.97. The van der Waals surface area contributed by atoms with E-state index in [1.807, 2.05) is 6.07 Å². The number of nitrogens with one attached hydrogen (secondary N) is 3. The summed E-state index contributed by atoms with van der Waals surface area (Å²) in [6, 6.07) is 10.4. The summed E-state index contributed by atoms with van der Waals surface area (Å²) in [4.78, 5) is 0. The molecule has 12 heavy (non-hydrogen) atoms. The Morgan fingerprint density at radius 3 is 2.33 bits per heavy atom. The molecule has 0 bridgehead atoms. The Hall–Kier alpha value is -0.900. The highest BCUT2D eigenvalue weighted by molar-refractivity contribution is 5.18. The molecule has 1 aliphatic heterocycles. The minimum atomic E-state index is 0.299. The summed E-state index contributed by atoms with van der Waals surface area (Å²) >= 11 is 0. The zero-order valence-electron chi connectivity index (χ0n) is 6.88. The number of hydrogen-bond acceptors (Lipinski definition) is 3. The Morgan fingerprint density at radius 1 is 1.00 bits per heavy atom. The van der Waals surface area contributed by atoms with Crippen molar-refractivity contribution in [2.24, 2.45) is 0 Å². The maximum Gasteiger partial charge on any atom is 0.0855 e. The second kappa shape index (κ2) is 3.67. The summed E-state index contributed by atoms with van der Waals surface area (Å²) in [7, 11) is 0. The van der Waals surface area contributed by atoms with Crippen molar-refractivity contribution >= 4 is 0 Å². The second-order valence-electron chi connectivity index (χ2n) is 2.86. The van der Waals surface area contributed by atoms with Gasteiger partial charge >= 0.3 is 0 Å². The maximum absolute atomic E-state index is 3.31. The second-order valence-corrected chi connectivity index (χ2v) is 2.86. The smallest absolute Gasteiger partial charge is 0.0855 e. The lowest BCUT2D eigenvalue weighted by Gasteiger charge is -2.26. The fourth-order valence-electron chi connectivity index (χ4n) is 1.36. The van der Waals surface area contributed by atoms with E-state index in [0.717, 1.165) is 13.3 Å². The fourth-order valence-corrected chi connectivity index (χ4v) is 1.36. The molecule has 0 amide bonds. The highest BCUT2D eigenvalue weighted by Gasteiger charge is 2.11. The van der Waals surface area contributed by atoms with Crippen molar-refractivity contribution in [2.45, 2.75) is 6.17 Å². The van der Waals surface area contributed by atoms with E-state index >= 15 is 0 Å². The molecule has 0 aliphatic carbocycles. The minimum absolute atomic E-state index is 0.299. The summed E-state index contributed by atoms with van der Waals surface area (Å²) in [6.07, 6.45) is 0.299. The van der Waals surface area contributed by atoms with Gasteiger partial charge in [0.2, 0.25) is 0 Å². The monoisotopic (exact) mass is 163 g/mol. The third kappa shape index (κ3) is 1.64. The van der Waals surface area contributed by atoms with E-state index in [0.29, 0.717) is 6.17 Å². The van der Waals surface area contributed by atoms with Crippen LogP contribution in [0.1, 0.15) is 11.7 Å². The first-order valence-corrected chi connectivity index (χ1v) is 4.19. The lowest BCUT2D eigenvalue weighted by atomic mass is 10.2. The highest BCUT2D eigenvalue weighted by Crippen LogP contribution is 2.08. The van der Waals surface area contributed by atoms with E-state index in [2.05, 4.69) is 40.2 Å². The molecular weight excluding hydrogens is 150 g/mol. The van der Waals surface area contributed by atoms with Crippen molar-refractivity contribution in [3.8, 4) is 0 Å². The average molecular weight is 163 g/mol. The van der Waals surface area contributed by atoms with E-state index in [-0.39, 0.29) is 0 Å². The molecule has 1 heterocycles. The largest absolute Gasteiger partial charge is 0.292 e. The molecule has 1 aliphatic rings. The van der Waals surface area contributed by atoms with Crippen molar-refractivity contribution < 1.29 is 0 Å². The topological polar surface area (TPSA) is 36.1 Å². The van der Waals surface area contributed by atoms with Crippen molar-refractivity contribution in [3.63, 3.8) is 0 Å². The third-order valence-corrected chi connectivity index (χ3v) is 2.00. The van der Waals surface area contributed by atoms with Gasteiger partial charge in [0.15, 0.2) is 0 Å². The molecule has 2 rings (SSSR count). The van der Waals surface area contributed by atoms with E-state index in [9.17, 15) is 0 Å². The SMILES string of the molecule is c1ccc(C2NCNCN2)cc1. The minimum Gasteiger partial charge on any atom is -0.292 e. The van der Waals surface area contributed by atoms with Gasteiger partial charge in [0.05, 0.1) is 6.17 Å². The van der Waals surface area contributed by atoms with Gasteiger partial charge in [-0.15, -0.1) is 0 Å². The molecule has 3 heteroatoms. The van der Waals surface area contributed by atoms with E-state index < -0.39 is 0 Å². The zero-order chi connectivity index (χ0) is 8.23. The highest BCUT2D eigenvalue weighted by atomic mass is 15.3. The molecule has 64 valence electrons. The van der Waals surface area contributed by atoms with Crippen LogP contribution in [0.25, 0.3) is 0 Å². The molecule has 3 N–H and O–H groups in total. The summed E-state index contributed by atoms with van der Waals surface area (Å²) in [5.74, 6) is 0. The van der Waals surface area contributed by atoms with Gasteiger partial charge in [-0.2, -0.15) is 0 Å². The molecule has 1 saturated heterocycles. The molecule has 3 nitrogen and oxygen atoms in total. The fraction of sp³-hybridized carbons (Fsp3) is 0.333. The van der Waals surface area contributed by atoms with Crippen LogP contribution in [0.5, 0.6) is 0 Å². The van der Waals surface area contributed by atoms with Crippen LogP contribution in [0.2, 0.25) is 0 Å². The molecule has 0 spiro atoms. The molecule has 0 radical (unpaired) electrons. The quantitative estimate of drug-likeness (QED) is 0.560. The van der Waals surface area contributed by atoms with Gasteiger partial charge < -0.3 is 0 Å². The van der Waals surface area contributed by atoms with E-state index in [1.165, 1.54) is 5.56 Å². The van der Waals surface area contributed by atoms with Gasteiger partial charge in [0, 0.05) is 13.3 Å². The lowest BCUT2D eigenvalue weighted by molar-refractivity contribution is 0.344. The average Bonchev–Trinajstić information content (AvgIpc) is 2.21. The Balaban J connectivity index is 2.08. The van der Waals surface area contributed by atoms with Crippen molar-refractivity contribution in [1.29, 1.82) is 0 Å². The van der Waals surface area contributed by atoms with Crippen LogP contribution < -0.4 is 16.0 Å². The summed E-state index contributed by atoms with van der Waals surface area (Å²) in [5, 5.41) is 9.79. The Kier molecular flexibility index (Phi) is 2.36. The van der Waals surface area contributed by atoms with Crippen molar-refractivity contribution in [3.05, 3.63) is 35.9 Å². The van der Waals surface area contributed by atoms with E-state index in [4.69, 9.17) is 0 Å². The Labute approximate surface area is 72.2 Å². The number of rotatable bonds is 1. The van der Waals surface area contributed by atoms with Crippen molar-refractivity contribution in [2.75, 3.05) is 13.3 Å². The zero-order valence-corrected chi connectivity index (χ0v) is 6.88. The maximum atomic E-state index is 3.31. The van der Waals surface area contributed by atoms with Gasteiger partial charge in [0.25, 0.3) is 0 Å². The predicted octanol–water partition coefficient (Wildman–Crippen LogP) is 0.383. The summed E-state index contributed by atoms with van der Waals surface area (Å²) in [6.45, 7) is 1.74. The number of hydrogen-bond donors (Lipinski definition) is 3. The normalized spacial score (nSPS) is 19.3. The molecule has 0 unspecified atom stereocenters. The summed E-state index contributed by atoms with van der Waals surface area (Å²) in [5.41, 5.74) is 1.29. The summed E-state index contributed by atoms with van der Waals surface area (Å²) < 4.78 is 0. The Morgan fingerprint density at radius 2 is 1.67 bits per heavy atom. The third-order valence-electron chi connectivity index (χ3n) is 2.00. The predicted molar refractivity (Wildman–Crippen MR) is 48.3 cm³/mol. The van der Waals surface area contributed by atoms with Crippen LogP contribution in [0.4, 0.5) is 0 Å².